The molecule has 0 aromatic heterocycles. The minimum Gasteiger partial charge on any atom is -0.379 e. The molecule has 0 heterocycles. The van der Waals surface area contributed by atoms with E-state index in [0.29, 0.717) is 145 Å². The highest BCUT2D eigenvalue weighted by atomic mass is 16.6. The van der Waals surface area contributed by atoms with Gasteiger partial charge in [-0.3, -0.25) is 0 Å². The highest BCUT2D eigenvalue weighted by molar-refractivity contribution is 4.48. The Kier molecular flexibility index (Phi) is 45.1. The van der Waals surface area contributed by atoms with Gasteiger partial charge in [0.25, 0.3) is 0 Å². The maximum atomic E-state index is 5.66. The first-order chi connectivity index (χ1) is 23.4. The van der Waals surface area contributed by atoms with Gasteiger partial charge >= 0.3 is 0 Å². The van der Waals surface area contributed by atoms with Crippen molar-refractivity contribution in [3.05, 3.63) is 0 Å². The molecule has 0 aliphatic carbocycles. The molecule has 12 nitrogen and oxygen atoms in total. The normalized spacial score (nSPS) is 11.6. The van der Waals surface area contributed by atoms with Crippen molar-refractivity contribution in [3.63, 3.8) is 0 Å². The Morgan fingerprint density at radius 3 is 0.660 bits per heavy atom. The van der Waals surface area contributed by atoms with Gasteiger partial charge in [0.05, 0.1) is 139 Å². The topological polar surface area (TPSA) is 128 Å². The van der Waals surface area contributed by atoms with Crippen molar-refractivity contribution in [2.45, 2.75) is 77.6 Å². The molecule has 0 fully saturated rings. The molecule has 0 aromatic rings. The molecular formula is C35H73NO11. The Balaban J connectivity index is 3.03. The molecular weight excluding hydrogens is 610 g/mol. The number of hydrogen-bond acceptors (Lipinski definition) is 12. The molecule has 0 aliphatic heterocycles. The van der Waals surface area contributed by atoms with Crippen molar-refractivity contribution in [2.75, 3.05) is 152 Å². The van der Waals surface area contributed by atoms with E-state index in [-0.39, 0.29) is 0 Å². The summed E-state index contributed by atoms with van der Waals surface area (Å²) >= 11 is 0. The predicted octanol–water partition coefficient (Wildman–Crippen LogP) is 4.44. The van der Waals surface area contributed by atoms with Gasteiger partial charge < -0.3 is 57.8 Å². The lowest BCUT2D eigenvalue weighted by Crippen LogP contribution is -2.15. The molecule has 0 unspecified atom stereocenters. The van der Waals surface area contributed by atoms with Crippen LogP contribution in [-0.4, -0.2) is 152 Å². The van der Waals surface area contributed by atoms with Gasteiger partial charge in [-0.2, -0.15) is 0 Å². The number of rotatable bonds is 44. The number of hydrogen-bond donors (Lipinski definition) is 1. The van der Waals surface area contributed by atoms with E-state index in [1.54, 1.807) is 0 Å². The van der Waals surface area contributed by atoms with Crippen LogP contribution in [-0.2, 0) is 52.1 Å². The quantitative estimate of drug-likeness (QED) is 0.0913. The molecule has 0 aliphatic rings. The van der Waals surface area contributed by atoms with Crippen LogP contribution in [0.5, 0.6) is 0 Å². The van der Waals surface area contributed by atoms with E-state index in [1.165, 1.54) is 64.2 Å². The van der Waals surface area contributed by atoms with E-state index >= 15 is 0 Å². The third-order valence-electron chi connectivity index (χ3n) is 6.87. The zero-order valence-corrected chi connectivity index (χ0v) is 30.1. The van der Waals surface area contributed by atoms with Gasteiger partial charge in [0, 0.05) is 13.2 Å². The first-order valence-corrected chi connectivity index (χ1v) is 18.5. The first kappa shape index (κ1) is 46.5. The molecule has 0 aromatic carbocycles. The van der Waals surface area contributed by atoms with Crippen molar-refractivity contribution in [3.8, 4) is 0 Å². The van der Waals surface area contributed by atoms with Gasteiger partial charge in [-0.15, -0.1) is 0 Å². The summed E-state index contributed by atoms with van der Waals surface area (Å²) in [6.45, 7) is 15.1. The standard InChI is InChI=1S/C35H73NO11/c1-2-3-4-5-6-7-8-9-10-11-12-14-37-16-18-39-20-22-41-24-26-43-28-30-45-32-34-47-35-33-46-31-29-44-27-25-42-23-21-40-19-17-38-15-13-36/h2-36H2,1H3. The fraction of sp³-hybridized carbons (Fsp3) is 1.00. The lowest BCUT2D eigenvalue weighted by atomic mass is 10.1. The molecule has 0 amide bonds. The van der Waals surface area contributed by atoms with Crippen LogP contribution >= 0.6 is 0 Å². The highest BCUT2D eigenvalue weighted by Gasteiger charge is 1.97. The zero-order chi connectivity index (χ0) is 33.8. The fourth-order valence-corrected chi connectivity index (χ4v) is 4.25. The largest absolute Gasteiger partial charge is 0.379 e. The van der Waals surface area contributed by atoms with Gasteiger partial charge in [-0.05, 0) is 6.42 Å². The second-order valence-electron chi connectivity index (χ2n) is 11.1. The SMILES string of the molecule is CCCCCCCCCCCCCOCCOCCOCCOCCOCCOCCOCCOCCOCCOCCOCCN. The van der Waals surface area contributed by atoms with Crippen LogP contribution in [0.4, 0.5) is 0 Å². The molecule has 284 valence electrons. The monoisotopic (exact) mass is 684 g/mol. The van der Waals surface area contributed by atoms with Crippen LogP contribution in [0.25, 0.3) is 0 Å². The Labute approximate surface area is 287 Å². The Hall–Kier alpha value is -0.480. The average Bonchev–Trinajstić information content (AvgIpc) is 3.08. The summed E-state index contributed by atoms with van der Waals surface area (Å²) in [5.41, 5.74) is 5.33. The average molecular weight is 684 g/mol. The van der Waals surface area contributed by atoms with Crippen molar-refractivity contribution in [2.24, 2.45) is 5.73 Å². The zero-order valence-electron chi connectivity index (χ0n) is 30.1. The summed E-state index contributed by atoms with van der Waals surface area (Å²) in [5, 5.41) is 0. The van der Waals surface area contributed by atoms with Crippen LogP contribution in [0.3, 0.4) is 0 Å². The maximum Gasteiger partial charge on any atom is 0.0701 e. The molecule has 0 atom stereocenters. The van der Waals surface area contributed by atoms with Crippen LogP contribution < -0.4 is 5.73 Å². The van der Waals surface area contributed by atoms with E-state index in [0.717, 1.165) is 13.0 Å². The number of ether oxygens (including phenoxy) is 11. The summed E-state index contributed by atoms with van der Waals surface area (Å²) in [7, 11) is 0. The maximum absolute atomic E-state index is 5.66. The van der Waals surface area contributed by atoms with E-state index in [1.807, 2.05) is 0 Å². The lowest BCUT2D eigenvalue weighted by Gasteiger charge is -2.09. The smallest absolute Gasteiger partial charge is 0.0701 e. The van der Waals surface area contributed by atoms with Crippen LogP contribution in [0.1, 0.15) is 77.6 Å². The second kappa shape index (κ2) is 45.5. The molecule has 0 saturated heterocycles. The molecule has 12 heteroatoms. The first-order valence-electron chi connectivity index (χ1n) is 18.5. The molecule has 0 radical (unpaired) electrons. The Morgan fingerprint density at radius 1 is 0.234 bits per heavy atom. The summed E-state index contributed by atoms with van der Waals surface area (Å²) in [6.07, 6.45) is 14.9. The molecule has 0 rings (SSSR count). The van der Waals surface area contributed by atoms with Gasteiger partial charge in [-0.25, -0.2) is 0 Å². The number of unbranched alkanes of at least 4 members (excludes halogenated alkanes) is 10. The van der Waals surface area contributed by atoms with Crippen LogP contribution in [0.15, 0.2) is 0 Å². The van der Waals surface area contributed by atoms with Gasteiger partial charge in [-0.1, -0.05) is 71.1 Å². The molecule has 47 heavy (non-hydrogen) atoms. The van der Waals surface area contributed by atoms with Crippen molar-refractivity contribution in [1.29, 1.82) is 0 Å². The Bertz CT molecular complexity index is 494. The van der Waals surface area contributed by atoms with E-state index in [9.17, 15) is 0 Å². The summed E-state index contributed by atoms with van der Waals surface area (Å²) in [5.74, 6) is 0. The fourth-order valence-electron chi connectivity index (χ4n) is 4.25. The minimum atomic E-state index is 0.521. The van der Waals surface area contributed by atoms with Gasteiger partial charge in [0.15, 0.2) is 0 Å². The van der Waals surface area contributed by atoms with Crippen LogP contribution in [0, 0.1) is 0 Å². The van der Waals surface area contributed by atoms with E-state index in [4.69, 9.17) is 57.8 Å². The Morgan fingerprint density at radius 2 is 0.426 bits per heavy atom. The molecule has 0 saturated carbocycles. The summed E-state index contributed by atoms with van der Waals surface area (Å²) in [6, 6.07) is 0. The van der Waals surface area contributed by atoms with Crippen molar-refractivity contribution >= 4 is 0 Å². The highest BCUT2D eigenvalue weighted by Crippen LogP contribution is 2.11. The summed E-state index contributed by atoms with van der Waals surface area (Å²) < 4.78 is 60.2. The van der Waals surface area contributed by atoms with Crippen LogP contribution in [0.2, 0.25) is 0 Å². The predicted molar refractivity (Wildman–Crippen MR) is 185 cm³/mol. The molecule has 2 N–H and O–H groups in total. The number of nitrogens with two attached hydrogens (primary N) is 1. The second-order valence-corrected chi connectivity index (χ2v) is 11.1. The third-order valence-corrected chi connectivity index (χ3v) is 6.87. The van der Waals surface area contributed by atoms with Crippen molar-refractivity contribution < 1.29 is 52.1 Å². The van der Waals surface area contributed by atoms with Crippen molar-refractivity contribution in [1.82, 2.24) is 0 Å². The molecule has 0 spiro atoms. The summed E-state index contributed by atoms with van der Waals surface area (Å²) in [4.78, 5) is 0. The third kappa shape index (κ3) is 45.5. The molecule has 0 bridgehead atoms. The van der Waals surface area contributed by atoms with E-state index < -0.39 is 0 Å². The lowest BCUT2D eigenvalue weighted by molar-refractivity contribution is -0.0274. The van der Waals surface area contributed by atoms with Gasteiger partial charge in [0.2, 0.25) is 0 Å². The van der Waals surface area contributed by atoms with Gasteiger partial charge in [0.1, 0.15) is 0 Å². The van der Waals surface area contributed by atoms with E-state index in [2.05, 4.69) is 6.92 Å². The minimum absolute atomic E-state index is 0.521.